The molecule has 5 nitrogen and oxygen atoms in total. The number of benzene rings is 1. The number of nitrogens with zero attached hydrogens (tertiary/aromatic N) is 1. The number of ether oxygens (including phenoxy) is 2. The minimum atomic E-state index is -4.75. The van der Waals surface area contributed by atoms with Gasteiger partial charge in [-0.25, -0.2) is 8.42 Å². The van der Waals surface area contributed by atoms with Crippen molar-refractivity contribution in [1.82, 2.24) is 4.31 Å². The van der Waals surface area contributed by atoms with E-state index in [4.69, 9.17) is 9.47 Å². The molecule has 9 heteroatoms. The van der Waals surface area contributed by atoms with Gasteiger partial charge < -0.3 is 9.47 Å². The van der Waals surface area contributed by atoms with Crippen molar-refractivity contribution in [2.45, 2.75) is 18.7 Å². The van der Waals surface area contributed by atoms with Gasteiger partial charge in [-0.05, 0) is 17.7 Å². The Labute approximate surface area is 133 Å². The van der Waals surface area contributed by atoms with Crippen molar-refractivity contribution in [1.29, 1.82) is 0 Å². The number of alkyl halides is 3. The molecule has 0 saturated carbocycles. The van der Waals surface area contributed by atoms with Crippen molar-refractivity contribution in [2.24, 2.45) is 0 Å². The number of sulfonamides is 1. The molecule has 2 rings (SSSR count). The molecule has 130 valence electrons. The minimum Gasteiger partial charge on any atom is -0.497 e. The normalized spacial score (nSPS) is 20.4. The van der Waals surface area contributed by atoms with Crippen LogP contribution in [0, 0.1) is 0 Å². The van der Waals surface area contributed by atoms with Crippen molar-refractivity contribution in [3.8, 4) is 5.75 Å². The largest absolute Gasteiger partial charge is 0.497 e. The van der Waals surface area contributed by atoms with E-state index in [0.717, 1.165) is 9.87 Å². The number of morpholine rings is 1. The van der Waals surface area contributed by atoms with Crippen LogP contribution in [0.5, 0.6) is 5.75 Å². The first-order valence-corrected chi connectivity index (χ1v) is 8.59. The highest BCUT2D eigenvalue weighted by Crippen LogP contribution is 2.22. The summed E-state index contributed by atoms with van der Waals surface area (Å²) in [5.41, 5.74) is 0.865. The predicted molar refractivity (Wildman–Crippen MR) is 77.9 cm³/mol. The molecule has 1 unspecified atom stereocenters. The molecular weight excluding hydrogens is 335 g/mol. The van der Waals surface area contributed by atoms with Gasteiger partial charge in [0.1, 0.15) is 5.75 Å². The van der Waals surface area contributed by atoms with Gasteiger partial charge in [-0.15, -0.1) is 0 Å². The van der Waals surface area contributed by atoms with E-state index in [9.17, 15) is 21.6 Å². The van der Waals surface area contributed by atoms with Gasteiger partial charge in [-0.2, -0.15) is 17.5 Å². The molecule has 0 N–H and O–H groups in total. The fourth-order valence-corrected chi connectivity index (χ4v) is 3.77. The van der Waals surface area contributed by atoms with E-state index < -0.39 is 28.1 Å². The fraction of sp³-hybridized carbons (Fsp3) is 0.571. The third-order valence-corrected chi connectivity index (χ3v) is 5.25. The van der Waals surface area contributed by atoms with E-state index in [2.05, 4.69) is 0 Å². The van der Waals surface area contributed by atoms with Crippen LogP contribution in [0.3, 0.4) is 0 Å². The Morgan fingerprint density at radius 3 is 2.78 bits per heavy atom. The minimum absolute atomic E-state index is 0.0625. The molecule has 1 atom stereocenters. The van der Waals surface area contributed by atoms with E-state index in [0.29, 0.717) is 12.2 Å². The first-order valence-electron chi connectivity index (χ1n) is 6.99. The number of hydrogen-bond donors (Lipinski definition) is 0. The summed E-state index contributed by atoms with van der Waals surface area (Å²) in [5.74, 6) is -1.19. The summed E-state index contributed by atoms with van der Waals surface area (Å²) < 4.78 is 72.2. The van der Waals surface area contributed by atoms with Crippen molar-refractivity contribution in [2.75, 3.05) is 32.6 Å². The molecule has 1 fully saturated rings. The standard InChI is InChI=1S/C14H18F3NO4S/c1-21-12-4-2-3-11(7-12)8-13-9-18(5-6-22-13)23(19,20)10-14(15,16)17/h2-4,7,13H,5-6,8-10H2,1H3. The van der Waals surface area contributed by atoms with Crippen LogP contribution in [-0.4, -0.2) is 57.6 Å². The summed E-state index contributed by atoms with van der Waals surface area (Å²) in [4.78, 5) is 0. The van der Waals surface area contributed by atoms with Crippen LogP contribution in [0.25, 0.3) is 0 Å². The Hall–Kier alpha value is -1.32. The van der Waals surface area contributed by atoms with Crippen LogP contribution in [0.1, 0.15) is 5.56 Å². The second kappa shape index (κ2) is 7.06. The summed E-state index contributed by atoms with van der Waals surface area (Å²) in [6.45, 7) is -0.0750. The Balaban J connectivity index is 2.03. The second-order valence-corrected chi connectivity index (χ2v) is 7.25. The highest BCUT2D eigenvalue weighted by atomic mass is 32.2. The van der Waals surface area contributed by atoms with Crippen LogP contribution in [-0.2, 0) is 21.2 Å². The summed E-state index contributed by atoms with van der Waals surface area (Å²) in [6.07, 6.45) is -4.84. The fourth-order valence-electron chi connectivity index (χ4n) is 2.43. The zero-order valence-electron chi connectivity index (χ0n) is 12.5. The molecule has 1 aliphatic rings. The number of halogens is 3. The Morgan fingerprint density at radius 2 is 2.13 bits per heavy atom. The molecular formula is C14H18F3NO4S. The lowest BCUT2D eigenvalue weighted by Gasteiger charge is -2.32. The van der Waals surface area contributed by atoms with Gasteiger partial charge in [0.15, 0.2) is 5.75 Å². The quantitative estimate of drug-likeness (QED) is 0.810. The van der Waals surface area contributed by atoms with E-state index in [1.807, 2.05) is 6.07 Å². The van der Waals surface area contributed by atoms with Crippen molar-refractivity contribution < 1.29 is 31.1 Å². The maximum Gasteiger partial charge on any atom is 0.404 e. The van der Waals surface area contributed by atoms with Crippen LogP contribution in [0.4, 0.5) is 13.2 Å². The molecule has 1 aliphatic heterocycles. The number of methoxy groups -OCH3 is 1. The molecule has 0 spiro atoms. The monoisotopic (exact) mass is 353 g/mol. The summed E-state index contributed by atoms with van der Waals surface area (Å²) in [7, 11) is -2.85. The molecule has 0 aliphatic carbocycles. The number of rotatable bonds is 5. The zero-order chi connectivity index (χ0) is 17.1. The molecule has 1 aromatic carbocycles. The Kier molecular flexibility index (Phi) is 5.53. The summed E-state index contributed by atoms with van der Waals surface area (Å²) >= 11 is 0. The van der Waals surface area contributed by atoms with Gasteiger partial charge in [-0.3, -0.25) is 0 Å². The summed E-state index contributed by atoms with van der Waals surface area (Å²) in [6, 6.07) is 7.17. The third kappa shape index (κ3) is 5.36. The lowest BCUT2D eigenvalue weighted by atomic mass is 10.1. The van der Waals surface area contributed by atoms with E-state index in [1.54, 1.807) is 18.2 Å². The first-order chi connectivity index (χ1) is 10.7. The smallest absolute Gasteiger partial charge is 0.404 e. The third-order valence-electron chi connectivity index (χ3n) is 3.44. The summed E-state index contributed by atoms with van der Waals surface area (Å²) in [5, 5.41) is 0. The van der Waals surface area contributed by atoms with Crippen LogP contribution in [0.15, 0.2) is 24.3 Å². The molecule has 1 aromatic rings. The van der Waals surface area contributed by atoms with Crippen LogP contribution < -0.4 is 4.74 Å². The highest BCUT2D eigenvalue weighted by Gasteiger charge is 2.40. The molecule has 23 heavy (non-hydrogen) atoms. The van der Waals surface area contributed by atoms with Gasteiger partial charge in [0.25, 0.3) is 0 Å². The van der Waals surface area contributed by atoms with E-state index >= 15 is 0 Å². The Morgan fingerprint density at radius 1 is 1.39 bits per heavy atom. The van der Waals surface area contributed by atoms with Gasteiger partial charge >= 0.3 is 6.18 Å². The average molecular weight is 353 g/mol. The highest BCUT2D eigenvalue weighted by molar-refractivity contribution is 7.89. The van der Waals surface area contributed by atoms with Crippen molar-refractivity contribution >= 4 is 10.0 Å². The topological polar surface area (TPSA) is 55.8 Å². The van der Waals surface area contributed by atoms with E-state index in [-0.39, 0.29) is 19.7 Å². The molecule has 0 aromatic heterocycles. The van der Waals surface area contributed by atoms with E-state index in [1.165, 1.54) is 7.11 Å². The average Bonchev–Trinajstić information content (AvgIpc) is 2.45. The molecule has 1 saturated heterocycles. The second-order valence-electron chi connectivity index (χ2n) is 5.28. The van der Waals surface area contributed by atoms with Crippen LogP contribution >= 0.6 is 0 Å². The van der Waals surface area contributed by atoms with Gasteiger partial charge in [0.05, 0.1) is 19.8 Å². The molecule has 0 radical (unpaired) electrons. The maximum atomic E-state index is 12.4. The Bertz CT molecular complexity index is 633. The van der Waals surface area contributed by atoms with Gasteiger partial charge in [0.2, 0.25) is 10.0 Å². The lowest BCUT2D eigenvalue weighted by Crippen LogP contribution is -2.48. The molecule has 1 heterocycles. The zero-order valence-corrected chi connectivity index (χ0v) is 13.4. The molecule has 0 bridgehead atoms. The lowest BCUT2D eigenvalue weighted by molar-refractivity contribution is -0.107. The number of hydrogen-bond acceptors (Lipinski definition) is 4. The predicted octanol–water partition coefficient (Wildman–Crippen LogP) is 1.83. The first kappa shape index (κ1) is 18.0. The van der Waals surface area contributed by atoms with Crippen LogP contribution in [0.2, 0.25) is 0 Å². The maximum absolute atomic E-state index is 12.4. The van der Waals surface area contributed by atoms with Gasteiger partial charge in [-0.1, -0.05) is 12.1 Å². The van der Waals surface area contributed by atoms with Gasteiger partial charge in [0, 0.05) is 19.5 Å². The molecule has 0 amide bonds. The SMILES string of the molecule is COc1cccc(CC2CN(S(=O)(=O)CC(F)(F)F)CCO2)c1. The van der Waals surface area contributed by atoms with Crippen molar-refractivity contribution in [3.05, 3.63) is 29.8 Å². The van der Waals surface area contributed by atoms with Crippen molar-refractivity contribution in [3.63, 3.8) is 0 Å².